The van der Waals surface area contributed by atoms with E-state index in [4.69, 9.17) is 23.5 Å². The van der Waals surface area contributed by atoms with Gasteiger partial charge in [0.25, 0.3) is 5.88 Å². The molecule has 2 rings (SSSR count). The van der Waals surface area contributed by atoms with Crippen LogP contribution in [0.4, 0.5) is 0 Å². The minimum absolute atomic E-state index is 0.0484. The van der Waals surface area contributed by atoms with Crippen molar-refractivity contribution in [2.24, 2.45) is 0 Å². The maximum atomic E-state index is 13.0. The summed E-state index contributed by atoms with van der Waals surface area (Å²) in [5, 5.41) is 8.04. The fourth-order valence-corrected chi connectivity index (χ4v) is 3.67. The zero-order valence-electron chi connectivity index (χ0n) is 18.8. The van der Waals surface area contributed by atoms with Crippen molar-refractivity contribution < 1.29 is 42.6 Å². The molecule has 12 heteroatoms. The molecule has 0 fully saturated rings. The molecule has 1 N–H and O–H groups in total. The van der Waals surface area contributed by atoms with Gasteiger partial charge in [-0.05, 0) is 37.4 Å². The van der Waals surface area contributed by atoms with E-state index in [0.29, 0.717) is 4.88 Å². The number of amides is 1. The normalized spacial score (nSPS) is 10.9. The third-order valence-corrected chi connectivity index (χ3v) is 5.08. The van der Waals surface area contributed by atoms with Crippen LogP contribution in [0.5, 0.6) is 5.88 Å². The third kappa shape index (κ3) is 6.31. The van der Waals surface area contributed by atoms with Crippen LogP contribution in [-0.4, -0.2) is 60.9 Å². The Hall–Kier alpha value is -3.41. The quantitative estimate of drug-likeness (QED) is 0.270. The summed E-state index contributed by atoms with van der Waals surface area (Å²) < 4.78 is 26.0. The molecular formula is C21H26N2O9S. The molecule has 0 saturated heterocycles. The first-order valence-electron chi connectivity index (χ1n) is 10.2. The number of esters is 3. The van der Waals surface area contributed by atoms with Gasteiger partial charge in [-0.15, -0.1) is 11.3 Å². The lowest BCUT2D eigenvalue weighted by molar-refractivity contribution is -0.168. The van der Waals surface area contributed by atoms with Crippen molar-refractivity contribution in [1.82, 2.24) is 10.5 Å². The van der Waals surface area contributed by atoms with E-state index in [1.807, 2.05) is 0 Å². The Morgan fingerprint density at radius 2 is 1.70 bits per heavy atom. The lowest BCUT2D eigenvalue weighted by Gasteiger charge is -2.29. The van der Waals surface area contributed by atoms with Crippen LogP contribution in [-0.2, 0) is 39.8 Å². The first-order valence-corrected chi connectivity index (χ1v) is 11.1. The molecule has 33 heavy (non-hydrogen) atoms. The van der Waals surface area contributed by atoms with Gasteiger partial charge in [-0.3, -0.25) is 4.79 Å². The lowest BCUT2D eigenvalue weighted by atomic mass is 9.90. The van der Waals surface area contributed by atoms with Gasteiger partial charge in [-0.1, -0.05) is 6.07 Å². The second kappa shape index (κ2) is 12.0. The maximum absolute atomic E-state index is 13.0. The van der Waals surface area contributed by atoms with Gasteiger partial charge in [-0.2, -0.15) is 0 Å². The largest absolute Gasteiger partial charge is 0.464 e. The van der Waals surface area contributed by atoms with Crippen LogP contribution in [0.3, 0.4) is 0 Å². The molecule has 0 atom stereocenters. The fraction of sp³-hybridized carbons (Fsp3) is 0.476. The molecule has 1 amide bonds. The topological polar surface area (TPSA) is 143 Å². The van der Waals surface area contributed by atoms with E-state index >= 15 is 0 Å². The van der Waals surface area contributed by atoms with Gasteiger partial charge in [0, 0.05) is 13.3 Å². The van der Waals surface area contributed by atoms with Crippen LogP contribution in [0, 0.1) is 0 Å². The van der Waals surface area contributed by atoms with Gasteiger partial charge in [0.2, 0.25) is 11.4 Å². The Bertz CT molecular complexity index is 951. The Labute approximate surface area is 194 Å². The summed E-state index contributed by atoms with van der Waals surface area (Å²) in [5.74, 6) is -3.30. The summed E-state index contributed by atoms with van der Waals surface area (Å²) in [6.45, 7) is 5.50. The lowest BCUT2D eigenvalue weighted by Crippen LogP contribution is -2.62. The summed E-state index contributed by atoms with van der Waals surface area (Å²) >= 11 is 1.31. The highest BCUT2D eigenvalue weighted by Crippen LogP contribution is 2.36. The number of rotatable bonds is 12. The summed E-state index contributed by atoms with van der Waals surface area (Å²) in [4.78, 5) is 50.4. The average molecular weight is 483 g/mol. The molecule has 0 aliphatic carbocycles. The van der Waals surface area contributed by atoms with E-state index in [1.165, 1.54) is 11.3 Å². The Morgan fingerprint density at radius 1 is 1.06 bits per heavy atom. The summed E-state index contributed by atoms with van der Waals surface area (Å²) in [5.41, 5.74) is -2.08. The summed E-state index contributed by atoms with van der Waals surface area (Å²) in [6.07, 6.45) is -0.459. The average Bonchev–Trinajstić information content (AvgIpc) is 3.41. The molecule has 2 heterocycles. The molecule has 180 valence electrons. The van der Waals surface area contributed by atoms with E-state index in [-0.39, 0.29) is 37.0 Å². The van der Waals surface area contributed by atoms with Crippen molar-refractivity contribution in [3.8, 4) is 16.5 Å². The van der Waals surface area contributed by atoms with Crippen LogP contribution in [0.1, 0.15) is 33.3 Å². The summed E-state index contributed by atoms with van der Waals surface area (Å²) in [7, 11) is 0. The predicted molar refractivity (Wildman–Crippen MR) is 115 cm³/mol. The highest BCUT2D eigenvalue weighted by molar-refractivity contribution is 7.13. The van der Waals surface area contributed by atoms with Crippen molar-refractivity contribution in [3.05, 3.63) is 23.1 Å². The van der Waals surface area contributed by atoms with E-state index in [1.54, 1.807) is 38.3 Å². The molecule has 0 bridgehead atoms. The molecule has 0 aliphatic rings. The van der Waals surface area contributed by atoms with E-state index < -0.39 is 42.4 Å². The molecule has 11 nitrogen and oxygen atoms in total. The number of nitrogens with zero attached hydrogens (tertiary/aromatic N) is 1. The van der Waals surface area contributed by atoms with Crippen LogP contribution in [0.25, 0.3) is 10.6 Å². The number of ether oxygens (including phenoxy) is 4. The Balaban J connectivity index is 2.59. The molecule has 0 aliphatic heterocycles. The number of nitrogens with one attached hydrogen (secondary N) is 1. The van der Waals surface area contributed by atoms with Crippen LogP contribution in [0.2, 0.25) is 0 Å². The SMILES string of the molecule is CCOC(=O)COc1noc(-c2cccs2)c1CC(NC(C)=O)(C(=O)OCC)C(=O)OCC. The van der Waals surface area contributed by atoms with Gasteiger partial charge >= 0.3 is 17.9 Å². The Kier molecular flexibility index (Phi) is 9.40. The zero-order chi connectivity index (χ0) is 24.4. The van der Waals surface area contributed by atoms with Gasteiger partial charge in [0.05, 0.1) is 30.3 Å². The van der Waals surface area contributed by atoms with Gasteiger partial charge in [0.15, 0.2) is 12.4 Å². The van der Waals surface area contributed by atoms with Crippen LogP contribution < -0.4 is 10.1 Å². The number of aromatic nitrogens is 1. The molecule has 2 aromatic heterocycles. The monoisotopic (exact) mass is 482 g/mol. The fourth-order valence-electron chi connectivity index (χ4n) is 2.94. The number of carbonyl (C=O) groups excluding carboxylic acids is 4. The Morgan fingerprint density at radius 3 is 2.21 bits per heavy atom. The van der Waals surface area contributed by atoms with E-state index in [9.17, 15) is 19.2 Å². The first kappa shape index (κ1) is 25.8. The van der Waals surface area contributed by atoms with E-state index in [0.717, 1.165) is 6.92 Å². The third-order valence-electron chi connectivity index (χ3n) is 4.21. The molecular weight excluding hydrogens is 456 g/mol. The van der Waals surface area contributed by atoms with Crippen molar-refractivity contribution >= 4 is 35.2 Å². The molecule has 2 aromatic rings. The van der Waals surface area contributed by atoms with Crippen LogP contribution in [0.15, 0.2) is 22.0 Å². The standard InChI is InChI=1S/C21H26N2O9S/c1-5-28-16(25)12-31-18-14(17(32-23-18)15-9-8-10-33-15)11-21(22-13(4)24,19(26)29-6-2)20(27)30-7-3/h8-10H,5-7,11-12H2,1-4H3,(H,22,24). The maximum Gasteiger partial charge on any atom is 0.344 e. The highest BCUT2D eigenvalue weighted by atomic mass is 32.1. The molecule has 0 spiro atoms. The number of carbonyl (C=O) groups is 4. The molecule has 0 unspecified atom stereocenters. The zero-order valence-corrected chi connectivity index (χ0v) is 19.6. The number of hydrogen-bond donors (Lipinski definition) is 1. The van der Waals surface area contributed by atoms with Crippen molar-refractivity contribution in [2.45, 2.75) is 39.7 Å². The number of hydrogen-bond acceptors (Lipinski definition) is 11. The number of thiophene rings is 1. The second-order valence-corrected chi connectivity index (χ2v) is 7.52. The smallest absolute Gasteiger partial charge is 0.344 e. The molecule has 0 aromatic carbocycles. The van der Waals surface area contributed by atoms with Crippen molar-refractivity contribution in [2.75, 3.05) is 26.4 Å². The van der Waals surface area contributed by atoms with Gasteiger partial charge in [0.1, 0.15) is 0 Å². The second-order valence-electron chi connectivity index (χ2n) is 6.57. The summed E-state index contributed by atoms with van der Waals surface area (Å²) in [6, 6.07) is 3.50. The predicted octanol–water partition coefficient (Wildman–Crippen LogP) is 1.89. The van der Waals surface area contributed by atoms with Crippen molar-refractivity contribution in [1.29, 1.82) is 0 Å². The first-order chi connectivity index (χ1) is 15.8. The van der Waals surface area contributed by atoms with Crippen LogP contribution >= 0.6 is 11.3 Å². The highest BCUT2D eigenvalue weighted by Gasteiger charge is 2.52. The molecule has 0 radical (unpaired) electrons. The van der Waals surface area contributed by atoms with E-state index in [2.05, 4.69) is 10.5 Å². The minimum atomic E-state index is -2.24. The minimum Gasteiger partial charge on any atom is -0.464 e. The molecule has 0 saturated carbocycles. The van der Waals surface area contributed by atoms with Gasteiger partial charge in [-0.25, -0.2) is 14.4 Å². The van der Waals surface area contributed by atoms with Crippen molar-refractivity contribution in [3.63, 3.8) is 0 Å². The van der Waals surface area contributed by atoms with Gasteiger partial charge < -0.3 is 28.8 Å².